The summed E-state index contributed by atoms with van der Waals surface area (Å²) in [5, 5.41) is 5.32. The second-order valence-corrected chi connectivity index (χ2v) is 9.62. The van der Waals surface area contributed by atoms with Crippen molar-refractivity contribution < 1.29 is 22.4 Å². The highest BCUT2D eigenvalue weighted by Crippen LogP contribution is 2.18. The fourth-order valence-electron chi connectivity index (χ4n) is 3.23. The van der Waals surface area contributed by atoms with Gasteiger partial charge in [-0.15, -0.1) is 0 Å². The first-order valence-electron chi connectivity index (χ1n) is 10.3. The van der Waals surface area contributed by atoms with Crippen LogP contribution >= 0.6 is 0 Å². The number of likely N-dealkylation sites (N-methyl/N-ethyl adjacent to an activating group) is 1. The van der Waals surface area contributed by atoms with Crippen molar-refractivity contribution in [1.82, 2.24) is 14.5 Å². The van der Waals surface area contributed by atoms with Crippen LogP contribution in [0.4, 0.5) is 10.1 Å². The molecule has 2 N–H and O–H groups in total. The molecule has 1 saturated heterocycles. The number of sulfonamides is 1. The van der Waals surface area contributed by atoms with E-state index in [1.807, 2.05) is 7.05 Å². The lowest BCUT2D eigenvalue weighted by Crippen LogP contribution is -2.47. The van der Waals surface area contributed by atoms with E-state index >= 15 is 0 Å². The van der Waals surface area contributed by atoms with Gasteiger partial charge in [-0.05, 0) is 49.0 Å². The molecule has 172 valence electrons. The molecule has 0 unspecified atom stereocenters. The van der Waals surface area contributed by atoms with Crippen molar-refractivity contribution >= 4 is 27.5 Å². The lowest BCUT2D eigenvalue weighted by molar-refractivity contribution is -0.124. The topological polar surface area (TPSA) is 98.8 Å². The van der Waals surface area contributed by atoms with Crippen molar-refractivity contribution in [3.63, 3.8) is 0 Å². The van der Waals surface area contributed by atoms with Crippen LogP contribution in [0.2, 0.25) is 0 Å². The second kappa shape index (κ2) is 10.7. The smallest absolute Gasteiger partial charge is 0.243 e. The van der Waals surface area contributed by atoms with Gasteiger partial charge in [0.25, 0.3) is 0 Å². The Morgan fingerprint density at radius 3 is 2.12 bits per heavy atom. The predicted octanol–water partition coefficient (Wildman–Crippen LogP) is 1.80. The lowest BCUT2D eigenvalue weighted by atomic mass is 10.2. The summed E-state index contributed by atoms with van der Waals surface area (Å²) in [5.74, 6) is -1.04. The van der Waals surface area contributed by atoms with Crippen LogP contribution in [0.5, 0.6) is 0 Å². The first-order valence-corrected chi connectivity index (χ1v) is 11.8. The largest absolute Gasteiger partial charge is 0.352 e. The molecule has 10 heteroatoms. The van der Waals surface area contributed by atoms with Crippen LogP contribution in [-0.4, -0.2) is 62.7 Å². The van der Waals surface area contributed by atoms with E-state index in [0.29, 0.717) is 31.9 Å². The van der Waals surface area contributed by atoms with Crippen LogP contribution < -0.4 is 10.6 Å². The molecule has 0 atom stereocenters. The molecule has 0 radical (unpaired) electrons. The number of halogens is 1. The highest BCUT2D eigenvalue weighted by atomic mass is 32.2. The molecule has 2 aromatic rings. The summed E-state index contributed by atoms with van der Waals surface area (Å²) in [4.78, 5) is 26.3. The number of rotatable bonds is 8. The third-order valence-corrected chi connectivity index (χ3v) is 7.13. The lowest BCUT2D eigenvalue weighted by Gasteiger charge is -2.31. The molecule has 1 fully saturated rings. The third kappa shape index (κ3) is 6.59. The predicted molar refractivity (Wildman–Crippen MR) is 119 cm³/mol. The summed E-state index contributed by atoms with van der Waals surface area (Å²) in [5.41, 5.74) is 1.22. The van der Waals surface area contributed by atoms with Crippen molar-refractivity contribution in [2.75, 3.05) is 38.5 Å². The Morgan fingerprint density at radius 2 is 1.50 bits per heavy atom. The maximum Gasteiger partial charge on any atom is 0.243 e. The van der Waals surface area contributed by atoms with Crippen LogP contribution in [0, 0.1) is 5.82 Å². The van der Waals surface area contributed by atoms with Gasteiger partial charge in [-0.1, -0.05) is 12.1 Å². The summed E-state index contributed by atoms with van der Waals surface area (Å²) < 4.78 is 39.9. The van der Waals surface area contributed by atoms with Crippen molar-refractivity contribution in [3.05, 3.63) is 59.9 Å². The standard InChI is InChI=1S/C22H27FN4O4S/c1-26-12-14-27(15-13-26)32(30,31)20-8-2-17(3-9-20)16-24-21(28)10-11-22(29)25-19-6-4-18(23)5-7-19/h2-9H,10-16H2,1H3,(H,24,28)(H,25,29). The number of nitrogens with zero attached hydrogens (tertiary/aromatic N) is 2. The van der Waals surface area contributed by atoms with Gasteiger partial charge in [0.05, 0.1) is 4.90 Å². The number of nitrogens with one attached hydrogen (secondary N) is 2. The normalized spacial score (nSPS) is 15.3. The monoisotopic (exact) mass is 462 g/mol. The van der Waals surface area contributed by atoms with Gasteiger partial charge in [0, 0.05) is 51.3 Å². The SMILES string of the molecule is CN1CCN(S(=O)(=O)c2ccc(CNC(=O)CCC(=O)Nc3ccc(F)cc3)cc2)CC1. The first kappa shape index (κ1) is 23.8. The molecule has 1 aliphatic rings. The van der Waals surface area contributed by atoms with Gasteiger partial charge < -0.3 is 15.5 Å². The molecule has 0 spiro atoms. The van der Waals surface area contributed by atoms with Gasteiger partial charge in [0.2, 0.25) is 21.8 Å². The molecule has 1 heterocycles. The van der Waals surface area contributed by atoms with Gasteiger partial charge >= 0.3 is 0 Å². The highest BCUT2D eigenvalue weighted by Gasteiger charge is 2.27. The summed E-state index contributed by atoms with van der Waals surface area (Å²) in [6.07, 6.45) is -0.00564. The molecule has 0 saturated carbocycles. The molecular weight excluding hydrogens is 435 g/mol. The second-order valence-electron chi connectivity index (χ2n) is 7.68. The Bertz CT molecular complexity index is 1030. The number of hydrogen-bond acceptors (Lipinski definition) is 5. The summed E-state index contributed by atoms with van der Waals surface area (Å²) in [6.45, 7) is 2.56. The molecular formula is C22H27FN4O4S. The van der Waals surface area contributed by atoms with Crippen LogP contribution in [0.25, 0.3) is 0 Å². The number of amides is 2. The molecule has 0 aromatic heterocycles. The van der Waals surface area contributed by atoms with Crippen LogP contribution in [0.15, 0.2) is 53.4 Å². The molecule has 2 aromatic carbocycles. The Hall–Kier alpha value is -2.82. The number of benzene rings is 2. The zero-order valence-corrected chi connectivity index (χ0v) is 18.7. The zero-order valence-electron chi connectivity index (χ0n) is 17.9. The van der Waals surface area contributed by atoms with E-state index in [-0.39, 0.29) is 36.1 Å². The number of carbonyl (C=O) groups excluding carboxylic acids is 2. The minimum Gasteiger partial charge on any atom is -0.352 e. The van der Waals surface area contributed by atoms with Gasteiger partial charge in [-0.2, -0.15) is 4.31 Å². The van der Waals surface area contributed by atoms with Crippen molar-refractivity contribution in [3.8, 4) is 0 Å². The third-order valence-electron chi connectivity index (χ3n) is 5.22. The molecule has 0 bridgehead atoms. The van der Waals surface area contributed by atoms with E-state index < -0.39 is 15.8 Å². The minimum absolute atomic E-state index is 0.00287. The van der Waals surface area contributed by atoms with E-state index in [2.05, 4.69) is 15.5 Å². The van der Waals surface area contributed by atoms with E-state index in [1.165, 1.54) is 28.6 Å². The minimum atomic E-state index is -3.53. The van der Waals surface area contributed by atoms with Crippen LogP contribution in [0.1, 0.15) is 18.4 Å². The number of piperazine rings is 1. The molecule has 32 heavy (non-hydrogen) atoms. The van der Waals surface area contributed by atoms with E-state index in [0.717, 1.165) is 5.56 Å². The van der Waals surface area contributed by atoms with E-state index in [9.17, 15) is 22.4 Å². The van der Waals surface area contributed by atoms with Crippen molar-refractivity contribution in [2.24, 2.45) is 0 Å². The fraction of sp³-hybridized carbons (Fsp3) is 0.364. The quantitative estimate of drug-likeness (QED) is 0.623. The highest BCUT2D eigenvalue weighted by molar-refractivity contribution is 7.89. The Labute approximate surface area is 187 Å². The van der Waals surface area contributed by atoms with Crippen LogP contribution in [0.3, 0.4) is 0 Å². The maximum absolute atomic E-state index is 12.9. The van der Waals surface area contributed by atoms with Crippen LogP contribution in [-0.2, 0) is 26.2 Å². The molecule has 2 amide bonds. The van der Waals surface area contributed by atoms with E-state index in [1.54, 1.807) is 24.3 Å². The molecule has 0 aliphatic carbocycles. The van der Waals surface area contributed by atoms with E-state index in [4.69, 9.17) is 0 Å². The number of carbonyl (C=O) groups is 2. The van der Waals surface area contributed by atoms with Crippen molar-refractivity contribution in [2.45, 2.75) is 24.3 Å². The van der Waals surface area contributed by atoms with Gasteiger partial charge in [0.1, 0.15) is 5.82 Å². The summed E-state index contributed by atoms with van der Waals surface area (Å²) in [6, 6.07) is 11.8. The molecule has 3 rings (SSSR count). The number of anilines is 1. The average molecular weight is 463 g/mol. The van der Waals surface area contributed by atoms with Gasteiger partial charge in [-0.3, -0.25) is 9.59 Å². The summed E-state index contributed by atoms with van der Waals surface area (Å²) >= 11 is 0. The Kier molecular flexibility index (Phi) is 7.94. The van der Waals surface area contributed by atoms with Gasteiger partial charge in [0.15, 0.2) is 0 Å². The van der Waals surface area contributed by atoms with Crippen molar-refractivity contribution in [1.29, 1.82) is 0 Å². The van der Waals surface area contributed by atoms with Gasteiger partial charge in [-0.25, -0.2) is 12.8 Å². The Morgan fingerprint density at radius 1 is 0.906 bits per heavy atom. The molecule has 1 aliphatic heterocycles. The number of hydrogen-bond donors (Lipinski definition) is 2. The average Bonchev–Trinajstić information content (AvgIpc) is 2.78. The summed E-state index contributed by atoms with van der Waals surface area (Å²) in [7, 11) is -1.56. The Balaban J connectivity index is 1.44. The first-order chi connectivity index (χ1) is 15.2. The maximum atomic E-state index is 12.9. The fourth-order valence-corrected chi connectivity index (χ4v) is 4.65. The zero-order chi connectivity index (χ0) is 23.1. The molecule has 8 nitrogen and oxygen atoms in total.